The zero-order valence-electron chi connectivity index (χ0n) is 42.1. The van der Waals surface area contributed by atoms with Crippen molar-refractivity contribution < 1.29 is 4.42 Å². The highest BCUT2D eigenvalue weighted by Gasteiger charge is 2.45. The first-order chi connectivity index (χ1) is 34.1. The van der Waals surface area contributed by atoms with Gasteiger partial charge in [0.2, 0.25) is 0 Å². The smallest absolute Gasteiger partial charge is 0.254 e. The third-order valence-corrected chi connectivity index (χ3v) is 14.6. The zero-order chi connectivity index (χ0) is 49.0. The average Bonchev–Trinajstić information content (AvgIpc) is 3.75. The van der Waals surface area contributed by atoms with Gasteiger partial charge in [0.1, 0.15) is 17.2 Å². The maximum absolute atomic E-state index is 6.89. The molecule has 12 rings (SSSR count). The van der Waals surface area contributed by atoms with Crippen molar-refractivity contribution in [3.8, 4) is 11.1 Å². The summed E-state index contributed by atoms with van der Waals surface area (Å²) in [5, 5.41) is 2.12. The molecule has 71 heavy (non-hydrogen) atoms. The van der Waals surface area contributed by atoms with Crippen molar-refractivity contribution in [2.24, 2.45) is 0 Å². The molecule has 0 saturated carbocycles. The highest BCUT2D eigenvalue weighted by Crippen LogP contribution is 2.48. The molecule has 0 saturated heterocycles. The van der Waals surface area contributed by atoms with Gasteiger partial charge in [0.15, 0.2) is 5.58 Å². The van der Waals surface area contributed by atoms with Crippen molar-refractivity contribution in [2.75, 3.05) is 14.7 Å². The van der Waals surface area contributed by atoms with Crippen molar-refractivity contribution in [1.29, 1.82) is 0 Å². The van der Waals surface area contributed by atoms with Gasteiger partial charge in [-0.1, -0.05) is 178 Å². The Labute approximate surface area is 418 Å². The van der Waals surface area contributed by atoms with E-state index in [0.717, 1.165) is 90.0 Å². The number of rotatable bonds is 6. The fraction of sp³-hybridized carbons (Fsp3) is 0.188. The van der Waals surface area contributed by atoms with Crippen molar-refractivity contribution in [3.05, 3.63) is 205 Å². The first-order valence-corrected chi connectivity index (χ1v) is 24.9. The van der Waals surface area contributed by atoms with E-state index < -0.39 is 0 Å². The van der Waals surface area contributed by atoms with Crippen LogP contribution in [0.2, 0.25) is 0 Å². The van der Waals surface area contributed by atoms with Gasteiger partial charge in [-0.25, -0.2) is 4.98 Å². The number of pyridine rings is 2. The predicted molar refractivity (Wildman–Crippen MR) is 300 cm³/mol. The maximum Gasteiger partial charge on any atom is 0.254 e. The summed E-state index contributed by atoms with van der Waals surface area (Å²) in [6, 6.07) is 64.1. The number of fused-ring (bicyclic) bond motifs is 7. The van der Waals surface area contributed by atoms with Crippen molar-refractivity contribution in [3.63, 3.8) is 0 Å². The minimum Gasteiger partial charge on any atom is -0.454 e. The monoisotopic (exact) mass is 923 g/mol. The van der Waals surface area contributed by atoms with Crippen molar-refractivity contribution in [1.82, 2.24) is 9.97 Å². The van der Waals surface area contributed by atoms with E-state index in [2.05, 4.69) is 247 Å². The summed E-state index contributed by atoms with van der Waals surface area (Å²) in [6.07, 6.45) is 4.05. The van der Waals surface area contributed by atoms with Crippen LogP contribution in [0.3, 0.4) is 0 Å². The number of nitrogens with zero attached hydrogens (tertiary/aromatic N) is 5. The van der Waals surface area contributed by atoms with E-state index in [0.29, 0.717) is 0 Å². The summed E-state index contributed by atoms with van der Waals surface area (Å²) in [7, 11) is 0. The van der Waals surface area contributed by atoms with Crippen LogP contribution in [0.5, 0.6) is 0 Å². The van der Waals surface area contributed by atoms with Gasteiger partial charge in [0.05, 0.1) is 35.1 Å². The second-order valence-electron chi connectivity index (χ2n) is 22.4. The first-order valence-electron chi connectivity index (χ1n) is 24.9. The van der Waals surface area contributed by atoms with Crippen LogP contribution in [0, 0.1) is 0 Å². The van der Waals surface area contributed by atoms with E-state index in [9.17, 15) is 0 Å². The molecular formula is C64H58BN5O. The number of hydrogen-bond acceptors (Lipinski definition) is 6. The Morgan fingerprint density at radius 2 is 1.10 bits per heavy atom. The van der Waals surface area contributed by atoms with Gasteiger partial charge >= 0.3 is 0 Å². The lowest BCUT2D eigenvalue weighted by molar-refractivity contribution is 0.590. The van der Waals surface area contributed by atoms with Gasteiger partial charge < -0.3 is 9.32 Å². The molecule has 348 valence electrons. The van der Waals surface area contributed by atoms with Gasteiger partial charge in [-0.15, -0.1) is 0 Å². The summed E-state index contributed by atoms with van der Waals surface area (Å²) in [4.78, 5) is 18.1. The molecule has 0 fully saturated rings. The van der Waals surface area contributed by atoms with E-state index in [1.165, 1.54) is 27.6 Å². The number of furan rings is 1. The number of aromatic nitrogens is 2. The molecule has 0 amide bonds. The Kier molecular flexibility index (Phi) is 10.2. The lowest BCUT2D eigenvalue weighted by atomic mass is 9.34. The molecule has 0 N–H and O–H groups in total. The Bertz CT molecular complexity index is 3670. The lowest BCUT2D eigenvalue weighted by Gasteiger charge is -2.43. The molecule has 0 spiro atoms. The second kappa shape index (κ2) is 16.3. The average molecular weight is 924 g/mol. The van der Waals surface area contributed by atoms with E-state index in [4.69, 9.17) is 14.4 Å². The number of hydrogen-bond donors (Lipinski definition) is 0. The molecule has 0 radical (unpaired) electrons. The van der Waals surface area contributed by atoms with Gasteiger partial charge in [-0.2, -0.15) is 0 Å². The van der Waals surface area contributed by atoms with Crippen molar-refractivity contribution >= 4 is 96.5 Å². The Morgan fingerprint density at radius 1 is 0.493 bits per heavy atom. The lowest BCUT2D eigenvalue weighted by Crippen LogP contribution is -2.61. The third-order valence-electron chi connectivity index (χ3n) is 14.6. The Balaban J connectivity index is 1.14. The molecule has 0 bridgehead atoms. The molecule has 10 aromatic rings. The van der Waals surface area contributed by atoms with Crippen LogP contribution in [0.4, 0.5) is 51.4 Å². The predicted octanol–water partition coefficient (Wildman–Crippen LogP) is 15.5. The molecule has 7 heteroatoms. The number of anilines is 9. The molecule has 0 unspecified atom stereocenters. The van der Waals surface area contributed by atoms with E-state index in [1.807, 2.05) is 18.5 Å². The molecule has 2 aliphatic heterocycles. The van der Waals surface area contributed by atoms with Crippen LogP contribution in [0.25, 0.3) is 33.1 Å². The van der Waals surface area contributed by atoms with Crippen LogP contribution >= 0.6 is 0 Å². The summed E-state index contributed by atoms with van der Waals surface area (Å²) >= 11 is 0. The van der Waals surface area contributed by atoms with Crippen LogP contribution in [-0.2, 0) is 16.2 Å². The highest BCUT2D eigenvalue weighted by atomic mass is 16.3. The maximum atomic E-state index is 6.89. The molecular weight excluding hydrogens is 866 g/mol. The third kappa shape index (κ3) is 7.40. The second-order valence-corrected chi connectivity index (χ2v) is 22.4. The Morgan fingerprint density at radius 3 is 1.82 bits per heavy atom. The summed E-state index contributed by atoms with van der Waals surface area (Å²) in [5.74, 6) is 1.63. The normalized spacial score (nSPS) is 13.3. The van der Waals surface area contributed by atoms with Gasteiger partial charge in [0.25, 0.3) is 6.71 Å². The molecule has 0 aliphatic carbocycles. The molecule has 7 aromatic carbocycles. The van der Waals surface area contributed by atoms with Crippen molar-refractivity contribution in [2.45, 2.75) is 78.6 Å². The SMILES string of the molecule is CC(C)(C)c1ccc(-c2cc(C(C)(C)C)ccc2N(c2ccc(C(C)(C)C)cc2)c2ccc3c(n2)N(c2cccc4c2oc2ccccc24)c2cncc4c2B3c2ccccc2N4c2ccccc2)cc1. The highest BCUT2D eigenvalue weighted by molar-refractivity contribution is 7.00. The first kappa shape index (κ1) is 44.3. The fourth-order valence-corrected chi connectivity index (χ4v) is 10.8. The zero-order valence-corrected chi connectivity index (χ0v) is 42.1. The minimum absolute atomic E-state index is 0.0212. The Hall–Kier alpha value is -7.90. The van der Waals surface area contributed by atoms with E-state index in [1.54, 1.807) is 0 Å². The summed E-state index contributed by atoms with van der Waals surface area (Å²) < 4.78 is 6.89. The quantitative estimate of drug-likeness (QED) is 0.155. The number of benzene rings is 7. The largest absolute Gasteiger partial charge is 0.454 e. The van der Waals surface area contributed by atoms with E-state index >= 15 is 0 Å². The van der Waals surface area contributed by atoms with Crippen LogP contribution in [0.1, 0.15) is 79.0 Å². The van der Waals surface area contributed by atoms with Crippen LogP contribution in [0.15, 0.2) is 193 Å². The summed E-state index contributed by atoms with van der Waals surface area (Å²) in [5.41, 5.74) is 18.4. The fourth-order valence-electron chi connectivity index (χ4n) is 10.8. The topological polar surface area (TPSA) is 48.6 Å². The molecule has 2 aliphatic rings. The number of para-hydroxylation sites is 4. The van der Waals surface area contributed by atoms with Gasteiger partial charge in [0, 0.05) is 33.4 Å². The van der Waals surface area contributed by atoms with Gasteiger partial charge in [-0.05, 0) is 116 Å². The molecule has 3 aromatic heterocycles. The van der Waals surface area contributed by atoms with Crippen LogP contribution < -0.4 is 31.1 Å². The van der Waals surface area contributed by atoms with Crippen LogP contribution in [-0.4, -0.2) is 16.7 Å². The van der Waals surface area contributed by atoms with Gasteiger partial charge in [-0.3, -0.25) is 14.8 Å². The van der Waals surface area contributed by atoms with E-state index in [-0.39, 0.29) is 23.0 Å². The molecule has 0 atom stereocenters. The summed E-state index contributed by atoms with van der Waals surface area (Å²) in [6.45, 7) is 20.4. The molecule has 5 heterocycles. The standard InChI is InChI=1S/C64H58BN5O/c1-62(2,3)42-28-26-41(27-29-42)49-38-44(64(7,8)9)32-36-52(49)69(46-33-30-43(31-34-46)63(4,5)6)58-37-35-51-61(67-58)70(54-24-17-21-48-47-20-13-16-25-57(47)71-60(48)54)56-40-66-39-55-59(56)65(51)50-22-14-15-23-53(50)68(55)45-18-11-10-12-19-45/h10-40H,1-9H3. The molecule has 6 nitrogen and oxygen atoms in total. The minimum atomic E-state index is -0.135.